The van der Waals surface area contributed by atoms with E-state index in [1.807, 2.05) is 0 Å². The van der Waals surface area contributed by atoms with Crippen molar-refractivity contribution in [1.82, 2.24) is 4.31 Å². The number of nitrogens with two attached hydrogens (primary N) is 1. The van der Waals surface area contributed by atoms with Crippen LogP contribution in [0.1, 0.15) is 33.1 Å². The molecule has 0 atom stereocenters. The third-order valence-corrected chi connectivity index (χ3v) is 6.09. The molecule has 0 heterocycles. The Kier molecular flexibility index (Phi) is 4.76. The fraction of sp³-hybridized carbons (Fsp3) is 0.571. The number of hydrogen-bond acceptors (Lipinski definition) is 3. The molecule has 6 heteroatoms. The van der Waals surface area contributed by atoms with Gasteiger partial charge in [-0.05, 0) is 59.3 Å². The molecule has 0 aromatic heterocycles. The van der Waals surface area contributed by atoms with Gasteiger partial charge in [-0.25, -0.2) is 8.42 Å². The number of anilines is 1. The number of nitrogens with zero attached hydrogens (tertiary/aromatic N) is 1. The Labute approximate surface area is 129 Å². The number of halogens is 1. The van der Waals surface area contributed by atoms with E-state index in [9.17, 15) is 8.42 Å². The first-order valence-electron chi connectivity index (χ1n) is 6.89. The van der Waals surface area contributed by atoms with E-state index in [1.54, 1.807) is 22.5 Å². The first kappa shape index (κ1) is 15.8. The minimum Gasteiger partial charge on any atom is -0.398 e. The molecular formula is C14H21BrN2O2S. The number of rotatable bonds is 6. The fourth-order valence-corrected chi connectivity index (χ4v) is 4.31. The smallest absolute Gasteiger partial charge is 0.243 e. The van der Waals surface area contributed by atoms with E-state index in [4.69, 9.17) is 5.73 Å². The van der Waals surface area contributed by atoms with Gasteiger partial charge in [0.1, 0.15) is 0 Å². The molecule has 20 heavy (non-hydrogen) atoms. The Hall–Kier alpha value is -0.590. The highest BCUT2D eigenvalue weighted by molar-refractivity contribution is 9.10. The standard InChI is InChI=1S/C14H21BrN2O2S/c1-10(2)7-8-17(11-3-4-11)20(18,19)12-5-6-14(16)13(15)9-12/h5-6,9-11H,3-4,7-8,16H2,1-2H3. The van der Waals surface area contributed by atoms with E-state index in [0.29, 0.717) is 27.5 Å². The molecule has 1 aliphatic rings. The molecule has 112 valence electrons. The summed E-state index contributed by atoms with van der Waals surface area (Å²) in [5, 5.41) is 0. The molecule has 0 radical (unpaired) electrons. The summed E-state index contributed by atoms with van der Waals surface area (Å²) in [5.74, 6) is 0.490. The van der Waals surface area contributed by atoms with Gasteiger partial charge >= 0.3 is 0 Å². The largest absolute Gasteiger partial charge is 0.398 e. The van der Waals surface area contributed by atoms with Gasteiger partial charge in [-0.15, -0.1) is 0 Å². The van der Waals surface area contributed by atoms with Gasteiger partial charge in [-0.2, -0.15) is 4.31 Å². The second kappa shape index (κ2) is 6.03. The molecule has 2 rings (SSSR count). The zero-order chi connectivity index (χ0) is 14.9. The maximum absolute atomic E-state index is 12.8. The molecule has 0 saturated heterocycles. The first-order chi connectivity index (χ1) is 9.32. The lowest BCUT2D eigenvalue weighted by atomic mass is 10.1. The van der Waals surface area contributed by atoms with E-state index >= 15 is 0 Å². The highest BCUT2D eigenvalue weighted by atomic mass is 79.9. The summed E-state index contributed by atoms with van der Waals surface area (Å²) in [6, 6.07) is 4.98. The Bertz CT molecular complexity index is 583. The van der Waals surface area contributed by atoms with Gasteiger partial charge in [0.05, 0.1) is 4.90 Å². The number of sulfonamides is 1. The molecule has 1 aromatic rings. The molecule has 1 aliphatic carbocycles. The monoisotopic (exact) mass is 360 g/mol. The molecule has 0 bridgehead atoms. The molecule has 0 aliphatic heterocycles. The molecule has 0 unspecified atom stereocenters. The van der Waals surface area contributed by atoms with Crippen LogP contribution in [-0.4, -0.2) is 25.3 Å². The van der Waals surface area contributed by atoms with Crippen molar-refractivity contribution < 1.29 is 8.42 Å². The van der Waals surface area contributed by atoms with E-state index in [1.165, 1.54) is 0 Å². The van der Waals surface area contributed by atoms with Crippen molar-refractivity contribution in [3.8, 4) is 0 Å². The highest BCUT2D eigenvalue weighted by Crippen LogP contribution is 2.34. The third kappa shape index (κ3) is 3.54. The Morgan fingerprint density at radius 2 is 2.05 bits per heavy atom. The number of benzene rings is 1. The summed E-state index contributed by atoms with van der Waals surface area (Å²) < 4.78 is 27.8. The van der Waals surface area contributed by atoms with Crippen LogP contribution in [0.3, 0.4) is 0 Å². The van der Waals surface area contributed by atoms with Crippen molar-refractivity contribution in [1.29, 1.82) is 0 Å². The molecule has 4 nitrogen and oxygen atoms in total. The summed E-state index contributed by atoms with van der Waals surface area (Å²) >= 11 is 3.29. The van der Waals surface area contributed by atoms with Crippen molar-refractivity contribution in [3.05, 3.63) is 22.7 Å². The van der Waals surface area contributed by atoms with Crippen LogP contribution in [0.15, 0.2) is 27.6 Å². The van der Waals surface area contributed by atoms with E-state index in [2.05, 4.69) is 29.8 Å². The van der Waals surface area contributed by atoms with E-state index < -0.39 is 10.0 Å². The van der Waals surface area contributed by atoms with Crippen molar-refractivity contribution >= 4 is 31.6 Å². The Morgan fingerprint density at radius 1 is 1.40 bits per heavy atom. The topological polar surface area (TPSA) is 63.4 Å². The first-order valence-corrected chi connectivity index (χ1v) is 9.12. The molecule has 1 fully saturated rings. The van der Waals surface area contributed by atoms with Crippen LogP contribution < -0.4 is 5.73 Å². The van der Waals surface area contributed by atoms with Crippen molar-refractivity contribution in [2.24, 2.45) is 5.92 Å². The molecule has 0 amide bonds. The van der Waals surface area contributed by atoms with Gasteiger partial charge in [-0.3, -0.25) is 0 Å². The second-order valence-corrected chi connectivity index (χ2v) is 8.46. The average molecular weight is 361 g/mol. The minimum absolute atomic E-state index is 0.176. The van der Waals surface area contributed by atoms with Gasteiger partial charge in [0.15, 0.2) is 0 Å². The molecule has 0 spiro atoms. The lowest BCUT2D eigenvalue weighted by molar-refractivity contribution is 0.373. The number of nitrogen functional groups attached to an aromatic ring is 1. The van der Waals surface area contributed by atoms with E-state index in [0.717, 1.165) is 19.3 Å². The van der Waals surface area contributed by atoms with Crippen LogP contribution in [0, 0.1) is 5.92 Å². The van der Waals surface area contributed by atoms with Crippen molar-refractivity contribution in [3.63, 3.8) is 0 Å². The Balaban J connectivity index is 2.27. The zero-order valence-electron chi connectivity index (χ0n) is 11.8. The normalized spacial score (nSPS) is 16.1. The highest BCUT2D eigenvalue weighted by Gasteiger charge is 2.37. The van der Waals surface area contributed by atoms with Gasteiger partial charge in [0, 0.05) is 22.7 Å². The van der Waals surface area contributed by atoms with Crippen LogP contribution >= 0.6 is 15.9 Å². The molecule has 1 saturated carbocycles. The zero-order valence-corrected chi connectivity index (χ0v) is 14.2. The maximum Gasteiger partial charge on any atom is 0.243 e. The predicted molar refractivity (Wildman–Crippen MR) is 84.9 cm³/mol. The van der Waals surface area contributed by atoms with Crippen LogP contribution in [0.25, 0.3) is 0 Å². The summed E-state index contributed by atoms with van der Waals surface area (Å²) in [5.41, 5.74) is 6.27. The van der Waals surface area contributed by atoms with Crippen LogP contribution in [0.4, 0.5) is 5.69 Å². The second-order valence-electron chi connectivity index (χ2n) is 5.71. The summed E-state index contributed by atoms with van der Waals surface area (Å²) in [7, 11) is -3.42. The lowest BCUT2D eigenvalue weighted by Gasteiger charge is -2.23. The van der Waals surface area contributed by atoms with Crippen molar-refractivity contribution in [2.45, 2.75) is 44.0 Å². The quantitative estimate of drug-likeness (QED) is 0.792. The fourth-order valence-electron chi connectivity index (χ4n) is 2.05. The molecule has 2 N–H and O–H groups in total. The summed E-state index contributed by atoms with van der Waals surface area (Å²) in [4.78, 5) is 0.314. The molecular weight excluding hydrogens is 340 g/mol. The Morgan fingerprint density at radius 3 is 2.55 bits per heavy atom. The molecule has 1 aromatic carbocycles. The summed E-state index contributed by atoms with van der Waals surface area (Å²) in [6.07, 6.45) is 2.81. The van der Waals surface area contributed by atoms with Crippen LogP contribution in [0.5, 0.6) is 0 Å². The number of hydrogen-bond donors (Lipinski definition) is 1. The van der Waals surface area contributed by atoms with E-state index in [-0.39, 0.29) is 6.04 Å². The minimum atomic E-state index is -3.42. The third-order valence-electron chi connectivity index (χ3n) is 3.46. The lowest BCUT2D eigenvalue weighted by Crippen LogP contribution is -2.34. The van der Waals surface area contributed by atoms with Gasteiger partial charge < -0.3 is 5.73 Å². The predicted octanol–water partition coefficient (Wildman–Crippen LogP) is 3.23. The maximum atomic E-state index is 12.8. The SMILES string of the molecule is CC(C)CCN(C1CC1)S(=O)(=O)c1ccc(N)c(Br)c1. The van der Waals surface area contributed by atoms with Crippen LogP contribution in [0.2, 0.25) is 0 Å². The van der Waals surface area contributed by atoms with Gasteiger partial charge in [0.2, 0.25) is 10.0 Å². The summed E-state index contributed by atoms with van der Waals surface area (Å²) in [6.45, 7) is 4.81. The van der Waals surface area contributed by atoms with Gasteiger partial charge in [0.25, 0.3) is 0 Å². The van der Waals surface area contributed by atoms with Crippen molar-refractivity contribution in [2.75, 3.05) is 12.3 Å². The average Bonchev–Trinajstić information content (AvgIpc) is 3.16. The van der Waals surface area contributed by atoms with Crippen LogP contribution in [-0.2, 0) is 10.0 Å². The van der Waals surface area contributed by atoms with Gasteiger partial charge in [-0.1, -0.05) is 13.8 Å².